The Balaban J connectivity index is 0.000001000. The molecule has 0 aliphatic heterocycles. The lowest BCUT2D eigenvalue weighted by atomic mass is 10.4. The monoisotopic (exact) mass is 178 g/mol. The molecule has 0 fully saturated rings. The summed E-state index contributed by atoms with van der Waals surface area (Å²) in [7, 11) is 0. The Morgan fingerprint density at radius 2 is 2.36 bits per heavy atom. The van der Waals surface area contributed by atoms with Crippen molar-refractivity contribution in [2.75, 3.05) is 0 Å². The number of nitrogens with zero attached hydrogens (tertiary/aromatic N) is 2. The number of aromatic nitrogens is 3. The second-order valence-corrected chi connectivity index (χ2v) is 2.02. The highest BCUT2D eigenvalue weighted by atomic mass is 35.5. The summed E-state index contributed by atoms with van der Waals surface area (Å²) in [5.74, 6) is 0.983. The van der Waals surface area contributed by atoms with E-state index in [1.165, 1.54) is 0 Å². The smallest absolute Gasteiger partial charge is 0.178 e. The standard InChI is InChI=1S/C5H10N4O.ClH/c1-3(10)5-7-4(2-6)8-9-5;/h3,10H,2,6H2,1H3,(H,7,8,9);1H. The third-order valence-corrected chi connectivity index (χ3v) is 1.12. The van der Waals surface area contributed by atoms with Crippen LogP contribution in [-0.2, 0) is 6.54 Å². The fourth-order valence-electron chi connectivity index (χ4n) is 0.588. The van der Waals surface area contributed by atoms with E-state index in [0.29, 0.717) is 18.2 Å². The first-order valence-electron chi connectivity index (χ1n) is 3.03. The summed E-state index contributed by atoms with van der Waals surface area (Å²) in [6, 6.07) is 0. The van der Waals surface area contributed by atoms with Gasteiger partial charge in [-0.05, 0) is 6.92 Å². The number of aliphatic hydroxyl groups is 1. The van der Waals surface area contributed by atoms with Crippen molar-refractivity contribution in [3.05, 3.63) is 11.6 Å². The molecule has 0 bridgehead atoms. The van der Waals surface area contributed by atoms with Gasteiger partial charge in [-0.25, -0.2) is 4.98 Å². The molecule has 64 valence electrons. The maximum Gasteiger partial charge on any atom is 0.178 e. The van der Waals surface area contributed by atoms with Crippen molar-refractivity contribution in [3.8, 4) is 0 Å². The number of halogens is 1. The van der Waals surface area contributed by atoms with Gasteiger partial charge in [0.2, 0.25) is 0 Å². The number of aliphatic hydroxyl groups excluding tert-OH is 1. The van der Waals surface area contributed by atoms with Gasteiger partial charge >= 0.3 is 0 Å². The lowest BCUT2D eigenvalue weighted by Gasteiger charge is -1.92. The van der Waals surface area contributed by atoms with E-state index in [0.717, 1.165) is 0 Å². The van der Waals surface area contributed by atoms with E-state index in [9.17, 15) is 0 Å². The summed E-state index contributed by atoms with van der Waals surface area (Å²) >= 11 is 0. The Bertz CT molecular complexity index is 212. The molecule has 11 heavy (non-hydrogen) atoms. The van der Waals surface area contributed by atoms with E-state index in [-0.39, 0.29) is 12.4 Å². The van der Waals surface area contributed by atoms with E-state index < -0.39 is 6.10 Å². The third-order valence-electron chi connectivity index (χ3n) is 1.12. The maximum absolute atomic E-state index is 8.95. The number of nitrogens with two attached hydrogens (primary N) is 1. The van der Waals surface area contributed by atoms with E-state index >= 15 is 0 Å². The highest BCUT2D eigenvalue weighted by Gasteiger charge is 2.05. The van der Waals surface area contributed by atoms with Crippen LogP contribution in [0.4, 0.5) is 0 Å². The van der Waals surface area contributed by atoms with Crippen LogP contribution in [0.25, 0.3) is 0 Å². The van der Waals surface area contributed by atoms with Crippen LogP contribution in [-0.4, -0.2) is 20.3 Å². The lowest BCUT2D eigenvalue weighted by Crippen LogP contribution is -1.99. The minimum atomic E-state index is -0.628. The Labute approximate surface area is 70.4 Å². The van der Waals surface area contributed by atoms with Gasteiger partial charge in [0.05, 0.1) is 6.54 Å². The Hall–Kier alpha value is -0.650. The van der Waals surface area contributed by atoms with Gasteiger partial charge in [-0.3, -0.25) is 5.10 Å². The van der Waals surface area contributed by atoms with Crippen molar-refractivity contribution < 1.29 is 5.11 Å². The summed E-state index contributed by atoms with van der Waals surface area (Å²) < 4.78 is 0. The van der Waals surface area contributed by atoms with Gasteiger partial charge in [-0.1, -0.05) is 0 Å². The number of rotatable bonds is 2. The van der Waals surface area contributed by atoms with Gasteiger partial charge in [-0.2, -0.15) is 5.10 Å². The molecule has 1 aromatic rings. The number of hydrogen-bond donors (Lipinski definition) is 3. The van der Waals surface area contributed by atoms with Gasteiger partial charge in [0.25, 0.3) is 0 Å². The zero-order valence-electron chi connectivity index (χ0n) is 6.11. The van der Waals surface area contributed by atoms with Crippen LogP contribution in [0.3, 0.4) is 0 Å². The molecule has 0 aliphatic rings. The average molecular weight is 179 g/mol. The normalized spacial score (nSPS) is 12.3. The molecule has 0 aromatic carbocycles. The summed E-state index contributed by atoms with van der Waals surface area (Å²) in [6.07, 6.45) is -0.628. The van der Waals surface area contributed by atoms with Crippen LogP contribution in [0.2, 0.25) is 0 Å². The summed E-state index contributed by atoms with van der Waals surface area (Å²) in [5.41, 5.74) is 5.25. The van der Waals surface area contributed by atoms with Crippen molar-refractivity contribution >= 4 is 12.4 Å². The fraction of sp³-hybridized carbons (Fsp3) is 0.600. The summed E-state index contributed by atoms with van der Waals surface area (Å²) in [6.45, 7) is 1.92. The SMILES string of the molecule is CC(O)c1n[nH]c(CN)n1.Cl. The summed E-state index contributed by atoms with van der Waals surface area (Å²) in [4.78, 5) is 3.89. The maximum atomic E-state index is 8.95. The molecular formula is C5H11ClN4O. The third kappa shape index (κ3) is 2.45. The number of aromatic amines is 1. The number of H-pyrrole nitrogens is 1. The molecule has 0 saturated carbocycles. The van der Waals surface area contributed by atoms with Crippen molar-refractivity contribution in [2.24, 2.45) is 5.73 Å². The molecule has 1 heterocycles. The predicted molar refractivity (Wildman–Crippen MR) is 42.2 cm³/mol. The van der Waals surface area contributed by atoms with E-state index in [1.54, 1.807) is 6.92 Å². The van der Waals surface area contributed by atoms with Gasteiger partial charge in [0, 0.05) is 0 Å². The molecule has 0 aliphatic carbocycles. The van der Waals surface area contributed by atoms with E-state index in [4.69, 9.17) is 10.8 Å². The Morgan fingerprint density at radius 1 is 1.73 bits per heavy atom. The van der Waals surface area contributed by atoms with E-state index in [1.807, 2.05) is 0 Å². The highest BCUT2D eigenvalue weighted by Crippen LogP contribution is 2.03. The molecule has 5 nitrogen and oxygen atoms in total. The van der Waals surface area contributed by atoms with Crippen molar-refractivity contribution in [1.82, 2.24) is 15.2 Å². The quantitative estimate of drug-likeness (QED) is 0.582. The first kappa shape index (κ1) is 10.3. The average Bonchev–Trinajstić information content (AvgIpc) is 2.34. The second-order valence-electron chi connectivity index (χ2n) is 2.02. The predicted octanol–water partition coefficient (Wildman–Crippen LogP) is -0.262. The van der Waals surface area contributed by atoms with Crippen molar-refractivity contribution in [1.29, 1.82) is 0 Å². The topological polar surface area (TPSA) is 87.8 Å². The molecule has 6 heteroatoms. The zero-order valence-corrected chi connectivity index (χ0v) is 6.93. The van der Waals surface area contributed by atoms with Crippen LogP contribution in [0.15, 0.2) is 0 Å². The summed E-state index contributed by atoms with van der Waals surface area (Å²) in [5, 5.41) is 15.3. The van der Waals surface area contributed by atoms with Crippen molar-refractivity contribution in [2.45, 2.75) is 19.6 Å². The molecule has 1 rings (SSSR count). The van der Waals surface area contributed by atoms with Crippen LogP contribution in [0, 0.1) is 0 Å². The first-order valence-corrected chi connectivity index (χ1v) is 3.03. The van der Waals surface area contributed by atoms with Crippen LogP contribution in [0.1, 0.15) is 24.7 Å². The van der Waals surface area contributed by atoms with Gasteiger partial charge < -0.3 is 10.8 Å². The molecule has 0 spiro atoms. The van der Waals surface area contributed by atoms with Gasteiger partial charge in [0.15, 0.2) is 5.82 Å². The molecule has 1 atom stereocenters. The zero-order chi connectivity index (χ0) is 7.56. The fourth-order valence-corrected chi connectivity index (χ4v) is 0.588. The minimum Gasteiger partial charge on any atom is -0.385 e. The molecule has 1 unspecified atom stereocenters. The highest BCUT2D eigenvalue weighted by molar-refractivity contribution is 5.85. The van der Waals surface area contributed by atoms with Crippen LogP contribution < -0.4 is 5.73 Å². The molecule has 1 aromatic heterocycles. The first-order chi connectivity index (χ1) is 4.74. The second kappa shape index (κ2) is 4.27. The molecule has 0 amide bonds. The molecule has 0 saturated heterocycles. The minimum absolute atomic E-state index is 0. The Kier molecular flexibility index (Phi) is 4.02. The van der Waals surface area contributed by atoms with E-state index in [2.05, 4.69) is 15.2 Å². The van der Waals surface area contributed by atoms with Crippen LogP contribution in [0.5, 0.6) is 0 Å². The Morgan fingerprint density at radius 3 is 2.64 bits per heavy atom. The van der Waals surface area contributed by atoms with Gasteiger partial charge in [0.1, 0.15) is 11.9 Å². The largest absolute Gasteiger partial charge is 0.385 e. The number of nitrogens with one attached hydrogen (secondary N) is 1. The molecule has 4 N–H and O–H groups in total. The molecular weight excluding hydrogens is 168 g/mol. The van der Waals surface area contributed by atoms with Crippen LogP contribution >= 0.6 is 12.4 Å². The lowest BCUT2D eigenvalue weighted by molar-refractivity contribution is 0.189. The number of hydrogen-bond acceptors (Lipinski definition) is 4. The van der Waals surface area contributed by atoms with Gasteiger partial charge in [-0.15, -0.1) is 12.4 Å². The van der Waals surface area contributed by atoms with Crippen molar-refractivity contribution in [3.63, 3.8) is 0 Å². The molecule has 0 radical (unpaired) electrons.